The molecule has 290 valence electrons. The number of esters is 1. The van der Waals surface area contributed by atoms with Crippen LogP contribution in [0.1, 0.15) is 149 Å². The molecule has 0 aromatic rings. The van der Waals surface area contributed by atoms with E-state index in [1.807, 2.05) is 0 Å². The van der Waals surface area contributed by atoms with Crippen molar-refractivity contribution in [3.63, 3.8) is 0 Å². The molecule has 0 aromatic carbocycles. The summed E-state index contributed by atoms with van der Waals surface area (Å²) in [5.74, 6) is -1.80. The van der Waals surface area contributed by atoms with E-state index in [0.29, 0.717) is 13.0 Å². The molecule has 50 heavy (non-hydrogen) atoms. The van der Waals surface area contributed by atoms with Crippen molar-refractivity contribution in [2.24, 2.45) is 5.73 Å². The van der Waals surface area contributed by atoms with Gasteiger partial charge < -0.3 is 25.2 Å². The van der Waals surface area contributed by atoms with Crippen LogP contribution in [0.5, 0.6) is 0 Å². The first kappa shape index (κ1) is 47.9. The fourth-order valence-corrected chi connectivity index (χ4v) is 5.63. The van der Waals surface area contributed by atoms with Gasteiger partial charge in [0.15, 0.2) is 0 Å². The SMILES string of the molecule is CC/C=C\C/C=C\C/C=C\CCCCCCCCCCOCC(COP(=O)(O)OCC(N)C(=O)O)OC(=O)CCCCCCC/C=C\CCC. The zero-order chi connectivity index (χ0) is 37.0. The average molecular weight is 728 g/mol. The number of aliphatic carboxylic acids is 1. The van der Waals surface area contributed by atoms with Crippen LogP contribution in [0.4, 0.5) is 0 Å². The molecule has 0 aliphatic rings. The van der Waals surface area contributed by atoms with E-state index in [4.69, 9.17) is 24.8 Å². The molecule has 0 heterocycles. The van der Waals surface area contributed by atoms with E-state index in [1.54, 1.807) is 0 Å². The van der Waals surface area contributed by atoms with Gasteiger partial charge in [-0.05, 0) is 64.2 Å². The van der Waals surface area contributed by atoms with Crippen molar-refractivity contribution in [3.8, 4) is 0 Å². The molecule has 0 spiro atoms. The van der Waals surface area contributed by atoms with Crippen LogP contribution in [0.2, 0.25) is 0 Å². The van der Waals surface area contributed by atoms with Crippen LogP contribution in [0.3, 0.4) is 0 Å². The third-order valence-electron chi connectivity index (χ3n) is 7.82. The van der Waals surface area contributed by atoms with Gasteiger partial charge in [0.1, 0.15) is 12.1 Å². The van der Waals surface area contributed by atoms with Gasteiger partial charge in [-0.2, -0.15) is 0 Å². The second-order valence-corrected chi connectivity index (χ2v) is 14.1. The van der Waals surface area contributed by atoms with Crippen LogP contribution >= 0.6 is 7.82 Å². The summed E-state index contributed by atoms with van der Waals surface area (Å²) < 4.78 is 33.2. The molecule has 10 nitrogen and oxygen atoms in total. The number of unbranched alkanes of at least 4 members (excludes halogenated alkanes) is 14. The molecule has 0 fully saturated rings. The Morgan fingerprint density at radius 3 is 1.76 bits per heavy atom. The van der Waals surface area contributed by atoms with E-state index in [2.05, 4.69) is 67.0 Å². The van der Waals surface area contributed by atoms with Gasteiger partial charge in [0, 0.05) is 13.0 Å². The van der Waals surface area contributed by atoms with Crippen LogP contribution in [0, 0.1) is 0 Å². The highest BCUT2D eigenvalue weighted by Gasteiger charge is 2.27. The third kappa shape index (κ3) is 34.4. The minimum atomic E-state index is -4.61. The topological polar surface area (TPSA) is 155 Å². The molecule has 0 aromatic heterocycles. The Morgan fingerprint density at radius 2 is 1.16 bits per heavy atom. The van der Waals surface area contributed by atoms with Crippen molar-refractivity contribution < 1.29 is 42.7 Å². The van der Waals surface area contributed by atoms with E-state index >= 15 is 0 Å². The summed E-state index contributed by atoms with van der Waals surface area (Å²) in [7, 11) is -4.61. The predicted molar refractivity (Wildman–Crippen MR) is 203 cm³/mol. The maximum absolute atomic E-state index is 12.5. The molecule has 11 heteroatoms. The van der Waals surface area contributed by atoms with Crippen molar-refractivity contribution in [2.45, 2.75) is 161 Å². The zero-order valence-corrected chi connectivity index (χ0v) is 32.1. The first-order valence-corrected chi connectivity index (χ1v) is 20.7. The van der Waals surface area contributed by atoms with Gasteiger partial charge >= 0.3 is 19.8 Å². The minimum absolute atomic E-state index is 0.00691. The van der Waals surface area contributed by atoms with Crippen LogP contribution in [-0.2, 0) is 32.7 Å². The molecule has 3 unspecified atom stereocenters. The summed E-state index contributed by atoms with van der Waals surface area (Å²) in [6.45, 7) is 3.65. The molecule has 0 aliphatic heterocycles. The number of hydrogen-bond acceptors (Lipinski definition) is 8. The number of phosphoric ester groups is 1. The van der Waals surface area contributed by atoms with Crippen LogP contribution in [0.15, 0.2) is 48.6 Å². The Hall–Kier alpha value is -2.07. The quantitative estimate of drug-likeness (QED) is 0.0246. The Bertz CT molecular complexity index is 983. The maximum Gasteiger partial charge on any atom is 0.472 e. The summed E-state index contributed by atoms with van der Waals surface area (Å²) in [6, 6.07) is -1.48. The Morgan fingerprint density at radius 1 is 0.660 bits per heavy atom. The first-order chi connectivity index (χ1) is 24.2. The van der Waals surface area contributed by atoms with E-state index in [9.17, 15) is 19.0 Å². The number of rotatable bonds is 36. The number of carbonyl (C=O) groups excluding carboxylic acids is 1. The molecule has 0 bridgehead atoms. The fraction of sp³-hybridized carbons (Fsp3) is 0.744. The van der Waals surface area contributed by atoms with Gasteiger partial charge in [0.25, 0.3) is 0 Å². The molecule has 0 rings (SSSR count). The van der Waals surface area contributed by atoms with Crippen molar-refractivity contribution in [3.05, 3.63) is 48.6 Å². The highest BCUT2D eigenvalue weighted by molar-refractivity contribution is 7.47. The third-order valence-corrected chi connectivity index (χ3v) is 8.77. The monoisotopic (exact) mass is 727 g/mol. The molecule has 0 amide bonds. The number of nitrogens with two attached hydrogens (primary N) is 1. The number of carboxylic acids is 1. The molecule has 0 saturated carbocycles. The highest BCUT2D eigenvalue weighted by atomic mass is 31.2. The van der Waals surface area contributed by atoms with Crippen molar-refractivity contribution in [1.29, 1.82) is 0 Å². The number of carboxylic acid groups (broad SMARTS) is 1. The van der Waals surface area contributed by atoms with E-state index in [1.165, 1.54) is 32.1 Å². The lowest BCUT2D eigenvalue weighted by Crippen LogP contribution is -2.34. The first-order valence-electron chi connectivity index (χ1n) is 19.2. The standard InChI is InChI=1S/C39H70NO9P/c1-3-5-7-9-11-13-15-16-17-18-19-20-21-22-24-26-28-30-32-46-33-36(34-47-50(44,45)48-35-37(40)39(42)43)49-38(41)31-29-27-25-23-14-12-10-8-6-4-2/h5,7-8,10-11,13,16-17,36-37H,3-4,6,9,12,14-15,18-35,40H2,1-2H3,(H,42,43)(H,44,45)/b7-5-,10-8-,13-11-,17-16-. The molecular weight excluding hydrogens is 657 g/mol. The Balaban J connectivity index is 4.26. The van der Waals surface area contributed by atoms with E-state index in [-0.39, 0.29) is 13.0 Å². The lowest BCUT2D eigenvalue weighted by Gasteiger charge is -2.20. The number of allylic oxidation sites excluding steroid dienone is 8. The number of ether oxygens (including phenoxy) is 2. The molecule has 4 N–H and O–H groups in total. The molecular formula is C39H70NO9P. The van der Waals surface area contributed by atoms with Crippen molar-refractivity contribution in [2.75, 3.05) is 26.4 Å². The Kier molecular flexibility index (Phi) is 33.9. The smallest absolute Gasteiger partial charge is 0.472 e. The lowest BCUT2D eigenvalue weighted by atomic mass is 10.1. The van der Waals surface area contributed by atoms with Gasteiger partial charge in [-0.3, -0.25) is 18.6 Å². The van der Waals surface area contributed by atoms with Crippen LogP contribution < -0.4 is 5.73 Å². The molecule has 0 radical (unpaired) electrons. The Labute approximate surface area is 303 Å². The molecule has 3 atom stereocenters. The van der Waals surface area contributed by atoms with Gasteiger partial charge in [-0.15, -0.1) is 0 Å². The van der Waals surface area contributed by atoms with Gasteiger partial charge in [0.05, 0.1) is 19.8 Å². The fourth-order valence-electron chi connectivity index (χ4n) is 4.85. The van der Waals surface area contributed by atoms with Gasteiger partial charge in [-0.25, -0.2) is 4.57 Å². The summed E-state index contributed by atoms with van der Waals surface area (Å²) in [5.41, 5.74) is 5.33. The second kappa shape index (κ2) is 35.3. The molecule has 0 aliphatic carbocycles. The average Bonchev–Trinajstić information content (AvgIpc) is 3.09. The number of phosphoric acid groups is 1. The van der Waals surface area contributed by atoms with E-state index in [0.717, 1.165) is 89.9 Å². The maximum atomic E-state index is 12.5. The predicted octanol–water partition coefficient (Wildman–Crippen LogP) is 9.92. The van der Waals surface area contributed by atoms with Gasteiger partial charge in [0.2, 0.25) is 0 Å². The minimum Gasteiger partial charge on any atom is -0.480 e. The van der Waals surface area contributed by atoms with Crippen LogP contribution in [-0.4, -0.2) is 60.5 Å². The number of carbonyl (C=O) groups is 2. The largest absolute Gasteiger partial charge is 0.480 e. The van der Waals surface area contributed by atoms with Crippen LogP contribution in [0.25, 0.3) is 0 Å². The summed E-state index contributed by atoms with van der Waals surface area (Å²) in [6.07, 6.45) is 38.9. The summed E-state index contributed by atoms with van der Waals surface area (Å²) in [5, 5.41) is 8.86. The zero-order valence-electron chi connectivity index (χ0n) is 31.2. The van der Waals surface area contributed by atoms with Crippen molar-refractivity contribution >= 4 is 19.8 Å². The summed E-state index contributed by atoms with van der Waals surface area (Å²) >= 11 is 0. The van der Waals surface area contributed by atoms with Gasteiger partial charge in [-0.1, -0.05) is 127 Å². The van der Waals surface area contributed by atoms with E-state index < -0.39 is 45.1 Å². The van der Waals surface area contributed by atoms with Crippen molar-refractivity contribution in [1.82, 2.24) is 0 Å². The summed E-state index contributed by atoms with van der Waals surface area (Å²) in [4.78, 5) is 33.3. The lowest BCUT2D eigenvalue weighted by molar-refractivity contribution is -0.154. The highest BCUT2D eigenvalue weighted by Crippen LogP contribution is 2.43. The number of hydrogen-bond donors (Lipinski definition) is 3. The second-order valence-electron chi connectivity index (χ2n) is 12.7. The molecule has 0 saturated heterocycles. The normalized spacial score (nSPS) is 14.6.